The summed E-state index contributed by atoms with van der Waals surface area (Å²) in [6, 6.07) is 2.12. The monoisotopic (exact) mass is 251 g/mol. The van der Waals surface area contributed by atoms with Crippen LogP contribution in [0.15, 0.2) is 15.9 Å². The molecule has 0 aliphatic rings. The van der Waals surface area contributed by atoms with Gasteiger partial charge in [-0.05, 0) is 22.0 Å². The first-order valence-corrected chi connectivity index (χ1v) is 5.60. The second-order valence-corrected chi connectivity index (χ2v) is 4.50. The van der Waals surface area contributed by atoms with Crippen molar-refractivity contribution in [3.8, 4) is 0 Å². The molecule has 0 aliphatic carbocycles. The third kappa shape index (κ3) is 2.69. The van der Waals surface area contributed by atoms with Gasteiger partial charge in [0, 0.05) is 29.2 Å². The van der Waals surface area contributed by atoms with Gasteiger partial charge >= 0.3 is 0 Å². The average molecular weight is 252 g/mol. The summed E-state index contributed by atoms with van der Waals surface area (Å²) in [5.41, 5.74) is 0. The van der Waals surface area contributed by atoms with Gasteiger partial charge in [0.2, 0.25) is 0 Å². The number of nitrogens with zero attached hydrogens (tertiary/aromatic N) is 1. The Hall–Kier alpha value is 0.330. The molecule has 1 rings (SSSR count). The maximum atomic E-state index is 4.17. The molecule has 0 fully saturated rings. The van der Waals surface area contributed by atoms with Gasteiger partial charge in [0.15, 0.2) is 0 Å². The lowest BCUT2D eigenvalue weighted by Crippen LogP contribution is -2.18. The Bertz CT molecular complexity index is 224. The number of thiol groups is 1. The predicted octanol–water partition coefficient (Wildman–Crippen LogP) is 2.88. The summed E-state index contributed by atoms with van der Waals surface area (Å²) < 4.78 is 1.16. The minimum absolute atomic E-state index is 0.895. The molecule has 1 heterocycles. The second-order valence-electron chi connectivity index (χ2n) is 2.25. The molecule has 0 atom stereocenters. The fraction of sp³-hybridized carbons (Fsp3) is 0.429. The normalized spacial score (nSPS) is 10.1. The molecule has 0 N–H and O–H groups in total. The molecule has 0 amide bonds. The van der Waals surface area contributed by atoms with Gasteiger partial charge in [0.05, 0.1) is 5.00 Å². The summed E-state index contributed by atoms with van der Waals surface area (Å²) in [4.78, 5) is 2.20. The van der Waals surface area contributed by atoms with Crippen LogP contribution in [0, 0.1) is 0 Å². The Labute approximate surface area is 84.9 Å². The van der Waals surface area contributed by atoms with Crippen LogP contribution in [0.4, 0.5) is 5.00 Å². The molecule has 4 heteroatoms. The number of rotatable bonds is 3. The molecule has 1 aromatic heterocycles. The largest absolute Gasteiger partial charge is 0.366 e. The van der Waals surface area contributed by atoms with E-state index in [1.807, 2.05) is 0 Å². The lowest BCUT2D eigenvalue weighted by atomic mass is 10.5. The van der Waals surface area contributed by atoms with Gasteiger partial charge in [0.25, 0.3) is 0 Å². The molecule has 0 spiro atoms. The minimum Gasteiger partial charge on any atom is -0.366 e. The Morgan fingerprint density at radius 2 is 2.45 bits per heavy atom. The van der Waals surface area contributed by atoms with E-state index < -0.39 is 0 Å². The molecule has 1 nitrogen and oxygen atoms in total. The molecule has 62 valence electrons. The van der Waals surface area contributed by atoms with Crippen LogP contribution in [0.3, 0.4) is 0 Å². The van der Waals surface area contributed by atoms with Gasteiger partial charge in [-0.25, -0.2) is 0 Å². The van der Waals surface area contributed by atoms with E-state index in [9.17, 15) is 0 Å². The Morgan fingerprint density at radius 1 is 1.73 bits per heavy atom. The lowest BCUT2D eigenvalue weighted by Gasteiger charge is -2.14. The third-order valence-corrected chi connectivity index (χ3v) is 3.37. The van der Waals surface area contributed by atoms with Gasteiger partial charge in [-0.3, -0.25) is 0 Å². The topological polar surface area (TPSA) is 3.24 Å². The molecule has 0 saturated heterocycles. The summed E-state index contributed by atoms with van der Waals surface area (Å²) in [7, 11) is 2.08. The quantitative estimate of drug-likeness (QED) is 0.809. The van der Waals surface area contributed by atoms with E-state index in [1.54, 1.807) is 11.3 Å². The van der Waals surface area contributed by atoms with E-state index in [0.29, 0.717) is 0 Å². The average Bonchev–Trinajstić information content (AvgIpc) is 2.36. The molecular formula is C7H10BrNS2. The van der Waals surface area contributed by atoms with Crippen LogP contribution in [-0.2, 0) is 0 Å². The van der Waals surface area contributed by atoms with E-state index in [-0.39, 0.29) is 0 Å². The van der Waals surface area contributed by atoms with Crippen LogP contribution in [0.1, 0.15) is 0 Å². The van der Waals surface area contributed by atoms with Crippen molar-refractivity contribution in [2.24, 2.45) is 0 Å². The highest BCUT2D eigenvalue weighted by atomic mass is 79.9. The lowest BCUT2D eigenvalue weighted by molar-refractivity contribution is 0.993. The van der Waals surface area contributed by atoms with Crippen molar-refractivity contribution in [3.05, 3.63) is 15.9 Å². The fourth-order valence-electron chi connectivity index (χ4n) is 0.763. The Balaban J connectivity index is 2.60. The van der Waals surface area contributed by atoms with Gasteiger partial charge < -0.3 is 4.90 Å². The van der Waals surface area contributed by atoms with E-state index in [1.165, 1.54) is 5.00 Å². The number of halogens is 1. The zero-order valence-corrected chi connectivity index (χ0v) is 9.55. The van der Waals surface area contributed by atoms with Crippen molar-refractivity contribution < 1.29 is 0 Å². The Morgan fingerprint density at radius 3 is 2.91 bits per heavy atom. The standard InChI is InChI=1S/C7H10BrNS2/c1-9(2-3-10)7-4-6(8)5-11-7/h4-5,10H,2-3H2,1H3. The van der Waals surface area contributed by atoms with Crippen LogP contribution in [0.25, 0.3) is 0 Å². The molecule has 0 radical (unpaired) electrons. The predicted molar refractivity (Wildman–Crippen MR) is 59.1 cm³/mol. The van der Waals surface area contributed by atoms with Crippen molar-refractivity contribution in [1.82, 2.24) is 0 Å². The molecule has 11 heavy (non-hydrogen) atoms. The van der Waals surface area contributed by atoms with Crippen molar-refractivity contribution in [2.45, 2.75) is 0 Å². The maximum Gasteiger partial charge on any atom is 0.0917 e. The molecule has 1 aromatic rings. The fourth-order valence-corrected chi connectivity index (χ4v) is 2.48. The van der Waals surface area contributed by atoms with Crippen molar-refractivity contribution >= 4 is 44.9 Å². The van der Waals surface area contributed by atoms with Crippen LogP contribution in [0.2, 0.25) is 0 Å². The summed E-state index contributed by atoms with van der Waals surface area (Å²) in [5.74, 6) is 0.895. The number of anilines is 1. The van der Waals surface area contributed by atoms with Crippen LogP contribution >= 0.6 is 39.9 Å². The Kier molecular flexibility index (Phi) is 3.75. The van der Waals surface area contributed by atoms with Gasteiger partial charge in [0.1, 0.15) is 0 Å². The van der Waals surface area contributed by atoms with E-state index in [0.717, 1.165) is 16.8 Å². The second kappa shape index (κ2) is 4.38. The first-order valence-electron chi connectivity index (χ1n) is 3.30. The molecule has 0 bridgehead atoms. The van der Waals surface area contributed by atoms with Gasteiger partial charge in [-0.15, -0.1) is 11.3 Å². The highest BCUT2D eigenvalue weighted by molar-refractivity contribution is 9.10. The summed E-state index contributed by atoms with van der Waals surface area (Å²) in [6.07, 6.45) is 0. The minimum atomic E-state index is 0.895. The van der Waals surface area contributed by atoms with Crippen molar-refractivity contribution in [1.29, 1.82) is 0 Å². The number of thiophene rings is 1. The zero-order chi connectivity index (χ0) is 8.27. The van der Waals surface area contributed by atoms with E-state index in [4.69, 9.17) is 0 Å². The maximum absolute atomic E-state index is 4.17. The van der Waals surface area contributed by atoms with Crippen LogP contribution in [-0.4, -0.2) is 19.3 Å². The van der Waals surface area contributed by atoms with Gasteiger partial charge in [-0.2, -0.15) is 12.6 Å². The molecule has 0 aromatic carbocycles. The summed E-state index contributed by atoms with van der Waals surface area (Å²) >= 11 is 9.33. The molecule has 0 saturated carbocycles. The molecular weight excluding hydrogens is 242 g/mol. The summed E-state index contributed by atoms with van der Waals surface area (Å²) in [5, 5.41) is 3.37. The summed E-state index contributed by atoms with van der Waals surface area (Å²) in [6.45, 7) is 0.996. The highest BCUT2D eigenvalue weighted by Gasteiger charge is 2.01. The zero-order valence-electron chi connectivity index (χ0n) is 6.25. The highest BCUT2D eigenvalue weighted by Crippen LogP contribution is 2.26. The number of hydrogen-bond acceptors (Lipinski definition) is 3. The smallest absolute Gasteiger partial charge is 0.0917 e. The molecule has 0 unspecified atom stereocenters. The SMILES string of the molecule is CN(CCS)c1cc(Br)cs1. The van der Waals surface area contributed by atoms with E-state index in [2.05, 4.69) is 52.0 Å². The first-order chi connectivity index (χ1) is 5.24. The number of hydrogen-bond donors (Lipinski definition) is 1. The van der Waals surface area contributed by atoms with Crippen molar-refractivity contribution in [3.63, 3.8) is 0 Å². The first kappa shape index (κ1) is 9.42. The van der Waals surface area contributed by atoms with Crippen LogP contribution in [0.5, 0.6) is 0 Å². The third-order valence-electron chi connectivity index (χ3n) is 1.37. The van der Waals surface area contributed by atoms with Crippen LogP contribution < -0.4 is 4.90 Å². The molecule has 0 aliphatic heterocycles. The van der Waals surface area contributed by atoms with Crippen molar-refractivity contribution in [2.75, 3.05) is 24.2 Å². The van der Waals surface area contributed by atoms with Gasteiger partial charge in [-0.1, -0.05) is 0 Å². The van der Waals surface area contributed by atoms with E-state index >= 15 is 0 Å².